The molecule has 1 N–H and O–H groups in total. The van der Waals surface area contributed by atoms with Crippen LogP contribution in [0.25, 0.3) is 0 Å². The van der Waals surface area contributed by atoms with Gasteiger partial charge in [0.15, 0.2) is 0 Å². The van der Waals surface area contributed by atoms with E-state index in [0.717, 1.165) is 23.2 Å². The van der Waals surface area contributed by atoms with Crippen LogP contribution in [0.2, 0.25) is 0 Å². The zero-order chi connectivity index (χ0) is 12.8. The SMILES string of the molecule is CCNC(C)c1ccc(OC(C)CC)c(Br)c1. The van der Waals surface area contributed by atoms with E-state index in [0.29, 0.717) is 6.04 Å². The molecule has 2 atom stereocenters. The fourth-order valence-electron chi connectivity index (χ4n) is 1.61. The highest BCUT2D eigenvalue weighted by Gasteiger charge is 2.09. The Bertz CT molecular complexity index is 354. The van der Waals surface area contributed by atoms with Crippen molar-refractivity contribution in [1.82, 2.24) is 5.32 Å². The summed E-state index contributed by atoms with van der Waals surface area (Å²) in [6.07, 6.45) is 1.27. The normalized spacial score (nSPS) is 14.4. The fourth-order valence-corrected chi connectivity index (χ4v) is 2.10. The largest absolute Gasteiger partial charge is 0.490 e. The maximum absolute atomic E-state index is 5.82. The molecule has 0 saturated heterocycles. The molecule has 96 valence electrons. The second-order valence-electron chi connectivity index (χ2n) is 4.31. The Morgan fingerprint density at radius 3 is 2.53 bits per heavy atom. The molecule has 0 saturated carbocycles. The second-order valence-corrected chi connectivity index (χ2v) is 5.16. The van der Waals surface area contributed by atoms with E-state index in [9.17, 15) is 0 Å². The molecule has 0 spiro atoms. The van der Waals surface area contributed by atoms with Crippen molar-refractivity contribution in [2.75, 3.05) is 6.54 Å². The monoisotopic (exact) mass is 299 g/mol. The lowest BCUT2D eigenvalue weighted by Gasteiger charge is -2.17. The van der Waals surface area contributed by atoms with Crippen molar-refractivity contribution in [2.45, 2.75) is 46.3 Å². The molecule has 0 aliphatic rings. The van der Waals surface area contributed by atoms with E-state index in [1.54, 1.807) is 0 Å². The molecule has 0 aromatic heterocycles. The van der Waals surface area contributed by atoms with Crippen molar-refractivity contribution in [3.8, 4) is 5.75 Å². The van der Waals surface area contributed by atoms with Crippen LogP contribution in [0.3, 0.4) is 0 Å². The third kappa shape index (κ3) is 4.32. The number of halogens is 1. The predicted molar refractivity (Wildman–Crippen MR) is 76.6 cm³/mol. The summed E-state index contributed by atoms with van der Waals surface area (Å²) in [7, 11) is 0. The van der Waals surface area contributed by atoms with Gasteiger partial charge in [0.2, 0.25) is 0 Å². The molecule has 1 aromatic carbocycles. The molecular weight excluding hydrogens is 278 g/mol. The number of rotatable bonds is 6. The van der Waals surface area contributed by atoms with Gasteiger partial charge in [0.1, 0.15) is 5.75 Å². The Balaban J connectivity index is 2.78. The molecule has 1 aromatic rings. The maximum Gasteiger partial charge on any atom is 0.133 e. The maximum atomic E-state index is 5.82. The summed E-state index contributed by atoms with van der Waals surface area (Å²) >= 11 is 3.57. The van der Waals surface area contributed by atoms with Crippen LogP contribution in [0.15, 0.2) is 22.7 Å². The first-order valence-corrected chi connectivity index (χ1v) is 7.07. The summed E-state index contributed by atoms with van der Waals surface area (Å²) in [5, 5.41) is 3.40. The molecule has 0 amide bonds. The van der Waals surface area contributed by atoms with Crippen LogP contribution in [0.1, 0.15) is 45.7 Å². The molecule has 17 heavy (non-hydrogen) atoms. The summed E-state index contributed by atoms with van der Waals surface area (Å²) in [4.78, 5) is 0. The van der Waals surface area contributed by atoms with Gasteiger partial charge in [-0.2, -0.15) is 0 Å². The molecule has 2 nitrogen and oxygen atoms in total. The van der Waals surface area contributed by atoms with Crippen molar-refractivity contribution in [2.24, 2.45) is 0 Å². The number of hydrogen-bond donors (Lipinski definition) is 1. The van der Waals surface area contributed by atoms with Gasteiger partial charge in [-0.25, -0.2) is 0 Å². The minimum Gasteiger partial charge on any atom is -0.490 e. The third-order valence-corrected chi connectivity index (χ3v) is 3.49. The number of nitrogens with one attached hydrogen (secondary N) is 1. The highest BCUT2D eigenvalue weighted by molar-refractivity contribution is 9.10. The summed E-state index contributed by atoms with van der Waals surface area (Å²) < 4.78 is 6.85. The van der Waals surface area contributed by atoms with Crippen molar-refractivity contribution in [3.63, 3.8) is 0 Å². The summed E-state index contributed by atoms with van der Waals surface area (Å²) in [6.45, 7) is 9.47. The van der Waals surface area contributed by atoms with E-state index in [-0.39, 0.29) is 6.10 Å². The van der Waals surface area contributed by atoms with Gasteiger partial charge in [-0.3, -0.25) is 0 Å². The molecule has 1 rings (SSSR count). The van der Waals surface area contributed by atoms with Crippen LogP contribution in [-0.4, -0.2) is 12.6 Å². The highest BCUT2D eigenvalue weighted by atomic mass is 79.9. The zero-order valence-corrected chi connectivity index (χ0v) is 12.7. The van der Waals surface area contributed by atoms with Gasteiger partial charge < -0.3 is 10.1 Å². The van der Waals surface area contributed by atoms with Crippen LogP contribution in [0.5, 0.6) is 5.75 Å². The number of hydrogen-bond acceptors (Lipinski definition) is 2. The number of ether oxygens (including phenoxy) is 1. The van der Waals surface area contributed by atoms with E-state index in [1.807, 2.05) is 6.07 Å². The molecule has 0 bridgehead atoms. The standard InChI is InChI=1S/C14H22BrNO/c1-5-10(3)17-14-8-7-12(9-13(14)15)11(4)16-6-2/h7-11,16H,5-6H2,1-4H3. The Kier molecular flexibility index (Phi) is 6.00. The molecule has 0 heterocycles. The third-order valence-electron chi connectivity index (χ3n) is 2.87. The minimum absolute atomic E-state index is 0.253. The van der Waals surface area contributed by atoms with E-state index < -0.39 is 0 Å². The minimum atomic E-state index is 0.253. The quantitative estimate of drug-likeness (QED) is 0.846. The van der Waals surface area contributed by atoms with Gasteiger partial charge in [0.25, 0.3) is 0 Å². The predicted octanol–water partition coefficient (Wildman–Crippen LogP) is 4.30. The summed E-state index contributed by atoms with van der Waals surface area (Å²) in [6, 6.07) is 6.66. The first-order valence-electron chi connectivity index (χ1n) is 6.27. The summed E-state index contributed by atoms with van der Waals surface area (Å²) in [5.74, 6) is 0.923. The van der Waals surface area contributed by atoms with Crippen LogP contribution >= 0.6 is 15.9 Å². The van der Waals surface area contributed by atoms with Crippen LogP contribution < -0.4 is 10.1 Å². The Morgan fingerprint density at radius 1 is 1.29 bits per heavy atom. The lowest BCUT2D eigenvalue weighted by atomic mass is 10.1. The van der Waals surface area contributed by atoms with Crippen LogP contribution in [0.4, 0.5) is 0 Å². The smallest absolute Gasteiger partial charge is 0.133 e. The van der Waals surface area contributed by atoms with Crippen LogP contribution in [0, 0.1) is 0 Å². The topological polar surface area (TPSA) is 21.3 Å². The van der Waals surface area contributed by atoms with Gasteiger partial charge in [-0.1, -0.05) is 19.9 Å². The lowest BCUT2D eigenvalue weighted by Crippen LogP contribution is -2.17. The van der Waals surface area contributed by atoms with Crippen molar-refractivity contribution < 1.29 is 4.74 Å². The second kappa shape index (κ2) is 7.02. The van der Waals surface area contributed by atoms with E-state index in [2.05, 4.69) is 61.1 Å². The zero-order valence-electron chi connectivity index (χ0n) is 11.1. The Morgan fingerprint density at radius 2 is 2.00 bits per heavy atom. The molecule has 2 unspecified atom stereocenters. The molecule has 0 aliphatic heterocycles. The van der Waals surface area contributed by atoms with Crippen molar-refractivity contribution >= 4 is 15.9 Å². The average molecular weight is 300 g/mol. The van der Waals surface area contributed by atoms with Gasteiger partial charge in [0, 0.05) is 6.04 Å². The molecule has 0 radical (unpaired) electrons. The van der Waals surface area contributed by atoms with E-state index in [4.69, 9.17) is 4.74 Å². The van der Waals surface area contributed by atoms with Crippen LogP contribution in [-0.2, 0) is 0 Å². The molecule has 0 fully saturated rings. The van der Waals surface area contributed by atoms with Gasteiger partial charge in [0.05, 0.1) is 10.6 Å². The van der Waals surface area contributed by atoms with E-state index >= 15 is 0 Å². The van der Waals surface area contributed by atoms with Crippen molar-refractivity contribution in [3.05, 3.63) is 28.2 Å². The highest BCUT2D eigenvalue weighted by Crippen LogP contribution is 2.29. The van der Waals surface area contributed by atoms with Gasteiger partial charge in [-0.15, -0.1) is 0 Å². The lowest BCUT2D eigenvalue weighted by molar-refractivity contribution is 0.216. The molecule has 0 aliphatic carbocycles. The van der Waals surface area contributed by atoms with Gasteiger partial charge in [-0.05, 0) is 60.4 Å². The summed E-state index contributed by atoms with van der Waals surface area (Å²) in [5.41, 5.74) is 1.27. The first-order chi connectivity index (χ1) is 8.08. The Hall–Kier alpha value is -0.540. The Labute approximate surface area is 113 Å². The number of benzene rings is 1. The first kappa shape index (κ1) is 14.5. The van der Waals surface area contributed by atoms with E-state index in [1.165, 1.54) is 5.56 Å². The molecule has 3 heteroatoms. The average Bonchev–Trinajstić information content (AvgIpc) is 2.31. The van der Waals surface area contributed by atoms with Crippen molar-refractivity contribution in [1.29, 1.82) is 0 Å². The molecular formula is C14H22BrNO. The fraction of sp³-hybridized carbons (Fsp3) is 0.571. The van der Waals surface area contributed by atoms with Gasteiger partial charge >= 0.3 is 0 Å².